The monoisotopic (exact) mass is 584 g/mol. The van der Waals surface area contributed by atoms with Gasteiger partial charge < -0.3 is 4.74 Å². The summed E-state index contributed by atoms with van der Waals surface area (Å²) in [6, 6.07) is 11.0. The summed E-state index contributed by atoms with van der Waals surface area (Å²) < 4.78 is 7.28. The molecule has 0 saturated carbocycles. The lowest BCUT2D eigenvalue weighted by Crippen LogP contribution is -2.55. The number of benzene rings is 2. The van der Waals surface area contributed by atoms with Crippen molar-refractivity contribution in [1.82, 2.24) is 9.80 Å². The Balaban J connectivity index is 1.90. The van der Waals surface area contributed by atoms with Crippen molar-refractivity contribution >= 4 is 78.7 Å². The van der Waals surface area contributed by atoms with Gasteiger partial charge >= 0.3 is 0 Å². The number of likely N-dealkylation sites (N-methyl/N-ethyl adjacent to an activating group) is 2. The van der Waals surface area contributed by atoms with Gasteiger partial charge in [-0.1, -0.05) is 29.8 Å². The van der Waals surface area contributed by atoms with E-state index in [0.717, 1.165) is 5.56 Å². The van der Waals surface area contributed by atoms with Gasteiger partial charge in [0.2, 0.25) is 0 Å². The van der Waals surface area contributed by atoms with Crippen molar-refractivity contribution in [1.29, 1.82) is 0 Å². The van der Waals surface area contributed by atoms with Crippen LogP contribution < -0.4 is 4.74 Å². The smallest absolute Gasteiger partial charge is 0.265 e. The molecule has 31 heavy (non-hydrogen) atoms. The predicted octanol–water partition coefficient (Wildman–Crippen LogP) is 5.82. The second kappa shape index (κ2) is 10.3. The summed E-state index contributed by atoms with van der Waals surface area (Å²) in [5, 5.41) is 0.868. The summed E-state index contributed by atoms with van der Waals surface area (Å²) in [7, 11) is 0. The summed E-state index contributed by atoms with van der Waals surface area (Å²) in [6.45, 7) is 4.72. The maximum atomic E-state index is 12.8. The van der Waals surface area contributed by atoms with Crippen molar-refractivity contribution < 1.29 is 14.3 Å². The number of rotatable bonds is 6. The lowest BCUT2D eigenvalue weighted by atomic mass is 10.1. The molecule has 0 N–H and O–H groups in total. The van der Waals surface area contributed by atoms with E-state index in [4.69, 9.17) is 28.6 Å². The molecule has 0 radical (unpaired) electrons. The van der Waals surface area contributed by atoms with Crippen LogP contribution in [0, 0.1) is 0 Å². The number of ether oxygens (including phenoxy) is 1. The molecule has 1 fully saturated rings. The van der Waals surface area contributed by atoms with Gasteiger partial charge in [0, 0.05) is 23.7 Å². The molecule has 2 amide bonds. The Hall–Kier alpha value is -1.74. The number of hydrogen-bond acceptors (Lipinski definition) is 4. The van der Waals surface area contributed by atoms with E-state index >= 15 is 0 Å². The number of carbonyl (C=O) groups excluding carboxylic acids is 2. The molecule has 0 atom stereocenters. The van der Waals surface area contributed by atoms with Gasteiger partial charge in [0.1, 0.15) is 17.9 Å². The molecule has 0 aromatic heterocycles. The molecule has 162 valence electrons. The van der Waals surface area contributed by atoms with Gasteiger partial charge in [-0.2, -0.15) is 0 Å². The number of nitrogens with zero attached hydrogens (tertiary/aromatic N) is 2. The minimum atomic E-state index is -0.395. The maximum Gasteiger partial charge on any atom is 0.265 e. The normalized spacial score (nSPS) is 14.4. The van der Waals surface area contributed by atoms with Crippen molar-refractivity contribution in [3.05, 3.63) is 67.1 Å². The number of carbonyl (C=O) groups is 2. The minimum Gasteiger partial charge on any atom is -0.486 e. The number of halogens is 3. The zero-order valence-electron chi connectivity index (χ0n) is 16.8. The molecule has 2 aromatic rings. The van der Waals surface area contributed by atoms with Gasteiger partial charge in [-0.15, -0.1) is 0 Å². The van der Waals surface area contributed by atoms with E-state index in [2.05, 4.69) is 31.9 Å². The largest absolute Gasteiger partial charge is 0.486 e. The van der Waals surface area contributed by atoms with Gasteiger partial charge in [-0.05, 0) is 87.8 Å². The number of hydrogen-bond donors (Lipinski definition) is 0. The predicted molar refractivity (Wildman–Crippen MR) is 133 cm³/mol. The molecule has 0 spiro atoms. The van der Waals surface area contributed by atoms with Crippen molar-refractivity contribution in [3.8, 4) is 5.75 Å². The molecule has 1 heterocycles. The Kier molecular flexibility index (Phi) is 7.91. The summed E-state index contributed by atoms with van der Waals surface area (Å²) >= 11 is 18.5. The van der Waals surface area contributed by atoms with Crippen molar-refractivity contribution in [3.63, 3.8) is 0 Å². The number of amides is 2. The molecule has 0 bridgehead atoms. The third-order valence-electron chi connectivity index (χ3n) is 4.71. The summed E-state index contributed by atoms with van der Waals surface area (Å²) in [5.41, 5.74) is 1.60. The minimum absolute atomic E-state index is 0.0702. The second-order valence-electron chi connectivity index (χ2n) is 6.63. The average Bonchev–Trinajstić information content (AvgIpc) is 2.72. The summed E-state index contributed by atoms with van der Waals surface area (Å²) in [5.74, 6) is -0.197. The third-order valence-corrected chi connectivity index (χ3v) is 6.69. The fraction of sp³-hybridized carbons (Fsp3) is 0.227. The zero-order valence-corrected chi connectivity index (χ0v) is 21.6. The van der Waals surface area contributed by atoms with Gasteiger partial charge in [-0.25, -0.2) is 0 Å². The van der Waals surface area contributed by atoms with Gasteiger partial charge in [0.25, 0.3) is 11.8 Å². The van der Waals surface area contributed by atoms with Gasteiger partial charge in [-0.3, -0.25) is 19.4 Å². The zero-order chi connectivity index (χ0) is 22.7. The molecule has 2 aromatic carbocycles. The highest BCUT2D eigenvalue weighted by atomic mass is 79.9. The lowest BCUT2D eigenvalue weighted by molar-refractivity contribution is -0.133. The molecule has 9 heteroatoms. The first-order valence-electron chi connectivity index (χ1n) is 9.53. The van der Waals surface area contributed by atoms with E-state index in [1.165, 1.54) is 9.80 Å². The molecular weight excluding hydrogens is 568 g/mol. The SMILES string of the molecule is CCN1C(=O)C(=Cc2cc(Br)c(OCc3ccccc3Cl)c(Br)c2)C(=O)N(CC)C1=S. The molecular formula is C22H19Br2ClN2O3S. The first-order chi connectivity index (χ1) is 14.8. The van der Waals surface area contributed by atoms with Crippen molar-refractivity contribution in [2.24, 2.45) is 0 Å². The van der Waals surface area contributed by atoms with Crippen LogP contribution >= 0.6 is 55.7 Å². The molecule has 3 rings (SSSR count). The Morgan fingerprint density at radius 3 is 2.10 bits per heavy atom. The Morgan fingerprint density at radius 2 is 1.58 bits per heavy atom. The van der Waals surface area contributed by atoms with Crippen LogP contribution in [0.15, 0.2) is 50.9 Å². The van der Waals surface area contributed by atoms with Crippen LogP contribution in [0.3, 0.4) is 0 Å². The highest BCUT2D eigenvalue weighted by molar-refractivity contribution is 9.11. The van der Waals surface area contributed by atoms with Crippen LogP contribution in [-0.4, -0.2) is 39.8 Å². The van der Waals surface area contributed by atoms with Crippen LogP contribution in [0.2, 0.25) is 5.02 Å². The standard InChI is InChI=1S/C22H19Br2ClN2O3S/c1-3-26-20(28)15(21(29)27(4-2)22(26)31)9-13-10-16(23)19(17(24)11-13)30-12-14-7-5-6-8-18(14)25/h5-11H,3-4,12H2,1-2H3. The molecule has 0 aliphatic carbocycles. The molecule has 5 nitrogen and oxygen atoms in total. The van der Waals surface area contributed by atoms with Gasteiger partial charge in [0.05, 0.1) is 8.95 Å². The van der Waals surface area contributed by atoms with Crippen LogP contribution in [0.4, 0.5) is 0 Å². The molecule has 1 saturated heterocycles. The quantitative estimate of drug-likeness (QED) is 0.243. The van der Waals surface area contributed by atoms with Crippen LogP contribution in [0.5, 0.6) is 5.75 Å². The Labute approximate surface area is 208 Å². The molecule has 0 unspecified atom stereocenters. The van der Waals surface area contributed by atoms with Crippen molar-refractivity contribution in [2.75, 3.05) is 13.1 Å². The fourth-order valence-electron chi connectivity index (χ4n) is 3.12. The van der Waals surface area contributed by atoms with E-state index in [1.54, 1.807) is 18.2 Å². The first kappa shape index (κ1) is 23.9. The van der Waals surface area contributed by atoms with Gasteiger partial charge in [0.15, 0.2) is 5.11 Å². The van der Waals surface area contributed by atoms with E-state index in [0.29, 0.717) is 45.0 Å². The number of thiocarbonyl (C=S) groups is 1. The third kappa shape index (κ3) is 5.03. The lowest BCUT2D eigenvalue weighted by Gasteiger charge is -2.35. The Morgan fingerprint density at radius 1 is 1.03 bits per heavy atom. The highest BCUT2D eigenvalue weighted by Gasteiger charge is 2.37. The van der Waals surface area contributed by atoms with E-state index < -0.39 is 11.8 Å². The van der Waals surface area contributed by atoms with Crippen LogP contribution in [0.1, 0.15) is 25.0 Å². The average molecular weight is 587 g/mol. The van der Waals surface area contributed by atoms with E-state index in [-0.39, 0.29) is 10.7 Å². The fourth-order valence-corrected chi connectivity index (χ4v) is 5.18. The maximum absolute atomic E-state index is 12.8. The van der Waals surface area contributed by atoms with Crippen LogP contribution in [0.25, 0.3) is 6.08 Å². The van der Waals surface area contributed by atoms with Crippen molar-refractivity contribution in [2.45, 2.75) is 20.5 Å². The summed E-state index contributed by atoms with van der Waals surface area (Å²) in [6.07, 6.45) is 1.57. The first-order valence-corrected chi connectivity index (χ1v) is 11.9. The molecule has 1 aliphatic rings. The topological polar surface area (TPSA) is 49.9 Å². The second-order valence-corrected chi connectivity index (χ2v) is 9.11. The summed E-state index contributed by atoms with van der Waals surface area (Å²) in [4.78, 5) is 28.5. The van der Waals surface area contributed by atoms with E-state index in [9.17, 15) is 9.59 Å². The Bertz CT molecular complexity index is 1040. The van der Waals surface area contributed by atoms with E-state index in [1.807, 2.05) is 38.1 Å². The highest BCUT2D eigenvalue weighted by Crippen LogP contribution is 2.36. The van der Waals surface area contributed by atoms with Crippen LogP contribution in [-0.2, 0) is 16.2 Å². The molecule has 1 aliphatic heterocycles.